The molecule has 0 aliphatic carbocycles. The minimum atomic E-state index is -0.913. The minimum Gasteiger partial charge on any atom is -0.386 e. The molecule has 0 fully saturated rings. The van der Waals surface area contributed by atoms with Crippen LogP contribution in [0.1, 0.15) is 36.1 Å². The number of H-pyrrole nitrogens is 1. The molecule has 0 atom stereocenters. The summed E-state index contributed by atoms with van der Waals surface area (Å²) in [4.78, 5) is 12.3. The van der Waals surface area contributed by atoms with Crippen molar-refractivity contribution in [2.75, 3.05) is 0 Å². The highest BCUT2D eigenvalue weighted by Gasteiger charge is 2.18. The lowest BCUT2D eigenvalue weighted by Crippen LogP contribution is -2.15. The Kier molecular flexibility index (Phi) is 5.19. The van der Waals surface area contributed by atoms with E-state index in [0.717, 1.165) is 33.5 Å². The molecular formula is C26H23N7O. The third-order valence-electron chi connectivity index (χ3n) is 5.91. The Morgan fingerprint density at radius 2 is 1.91 bits per heavy atom. The van der Waals surface area contributed by atoms with Crippen molar-refractivity contribution in [2.24, 2.45) is 0 Å². The van der Waals surface area contributed by atoms with Crippen molar-refractivity contribution in [3.63, 3.8) is 0 Å². The van der Waals surface area contributed by atoms with Gasteiger partial charge in [0.1, 0.15) is 11.2 Å². The van der Waals surface area contributed by atoms with E-state index in [1.54, 1.807) is 30.9 Å². The van der Waals surface area contributed by atoms with Crippen LogP contribution in [-0.2, 0) is 12.1 Å². The number of aromatic nitrogens is 6. The molecule has 0 unspecified atom stereocenters. The Morgan fingerprint density at radius 1 is 1.09 bits per heavy atom. The first kappa shape index (κ1) is 21.5. The molecule has 3 aromatic heterocycles. The Hall–Kier alpha value is -4.35. The number of imidazole rings is 1. The first-order chi connectivity index (χ1) is 16.3. The van der Waals surface area contributed by atoms with Gasteiger partial charge in [-0.15, -0.1) is 5.10 Å². The van der Waals surface area contributed by atoms with Crippen molar-refractivity contribution in [3.05, 3.63) is 83.3 Å². The lowest BCUT2D eigenvalue weighted by molar-refractivity contribution is 0.0785. The van der Waals surface area contributed by atoms with Crippen LogP contribution in [0.3, 0.4) is 0 Å². The fourth-order valence-corrected chi connectivity index (χ4v) is 4.03. The molecule has 5 aromatic rings. The van der Waals surface area contributed by atoms with Crippen LogP contribution in [0.5, 0.6) is 0 Å². The number of aromatic amines is 1. The molecule has 3 heterocycles. The third-order valence-corrected chi connectivity index (χ3v) is 5.91. The van der Waals surface area contributed by atoms with E-state index in [1.807, 2.05) is 55.6 Å². The first-order valence-electron chi connectivity index (χ1n) is 10.9. The monoisotopic (exact) mass is 449 g/mol. The highest BCUT2D eigenvalue weighted by molar-refractivity contribution is 5.91. The maximum absolute atomic E-state index is 10.3. The fraction of sp³-hybridized carbons (Fsp3) is 0.192. The summed E-state index contributed by atoms with van der Waals surface area (Å²) in [5.74, 6) is 0. The summed E-state index contributed by atoms with van der Waals surface area (Å²) in [5, 5.41) is 28.5. The first-order valence-corrected chi connectivity index (χ1v) is 10.9. The van der Waals surface area contributed by atoms with Crippen molar-refractivity contribution in [1.82, 2.24) is 29.9 Å². The number of pyridine rings is 1. The van der Waals surface area contributed by atoms with Crippen molar-refractivity contribution in [2.45, 2.75) is 32.9 Å². The van der Waals surface area contributed by atoms with Crippen molar-refractivity contribution < 1.29 is 5.11 Å². The molecule has 0 spiro atoms. The number of fused-ring (bicyclic) bond motifs is 1. The van der Waals surface area contributed by atoms with E-state index in [4.69, 9.17) is 4.98 Å². The van der Waals surface area contributed by atoms with Gasteiger partial charge in [0.2, 0.25) is 0 Å². The number of nitrogens with zero attached hydrogens (tertiary/aromatic N) is 6. The summed E-state index contributed by atoms with van der Waals surface area (Å²) in [5.41, 5.74) is 6.87. The second kappa shape index (κ2) is 8.21. The van der Waals surface area contributed by atoms with E-state index < -0.39 is 5.60 Å². The predicted octanol–water partition coefficient (Wildman–Crippen LogP) is 4.34. The van der Waals surface area contributed by atoms with Crippen molar-refractivity contribution >= 4 is 11.2 Å². The van der Waals surface area contributed by atoms with Crippen LogP contribution < -0.4 is 0 Å². The predicted molar refractivity (Wildman–Crippen MR) is 129 cm³/mol. The summed E-state index contributed by atoms with van der Waals surface area (Å²) < 4.78 is 1.76. The molecule has 0 bridgehead atoms. The van der Waals surface area contributed by atoms with E-state index in [-0.39, 0.29) is 0 Å². The van der Waals surface area contributed by atoms with Gasteiger partial charge in [-0.25, -0.2) is 14.6 Å². The van der Waals surface area contributed by atoms with Gasteiger partial charge in [0.15, 0.2) is 5.65 Å². The summed E-state index contributed by atoms with van der Waals surface area (Å²) >= 11 is 0. The molecule has 8 heteroatoms. The number of aliphatic hydroxyl groups is 1. The van der Waals surface area contributed by atoms with Crippen LogP contribution in [0.15, 0.2) is 61.1 Å². The Labute approximate surface area is 196 Å². The highest BCUT2D eigenvalue weighted by Crippen LogP contribution is 2.31. The molecule has 0 amide bonds. The molecule has 0 saturated heterocycles. The van der Waals surface area contributed by atoms with E-state index in [1.165, 1.54) is 0 Å². The van der Waals surface area contributed by atoms with Crippen LogP contribution in [0, 0.1) is 18.3 Å². The second-order valence-electron chi connectivity index (χ2n) is 8.81. The number of rotatable bonds is 5. The molecule has 34 heavy (non-hydrogen) atoms. The molecule has 0 radical (unpaired) electrons. The van der Waals surface area contributed by atoms with Crippen LogP contribution in [0.2, 0.25) is 0 Å². The van der Waals surface area contributed by atoms with Crippen molar-refractivity contribution in [3.8, 4) is 28.6 Å². The molecule has 2 aromatic carbocycles. The minimum absolute atomic E-state index is 0.516. The molecule has 0 aliphatic rings. The Morgan fingerprint density at radius 3 is 2.71 bits per heavy atom. The SMILES string of the molecule is Cc1c(C#N)cccc1-c1cc(-c2cn(Cc3cccc(C(C)(C)O)c3)nn2)c2nc[nH]c2n1. The average molecular weight is 450 g/mol. The molecule has 168 valence electrons. The molecule has 8 nitrogen and oxygen atoms in total. The number of nitriles is 1. The molecule has 0 saturated carbocycles. The average Bonchev–Trinajstić information content (AvgIpc) is 3.48. The number of hydrogen-bond donors (Lipinski definition) is 2. The summed E-state index contributed by atoms with van der Waals surface area (Å²) in [6, 6.07) is 17.6. The van der Waals surface area contributed by atoms with Gasteiger partial charge < -0.3 is 10.1 Å². The quantitative estimate of drug-likeness (QED) is 0.412. The fourth-order valence-electron chi connectivity index (χ4n) is 4.03. The molecule has 5 rings (SSSR count). The topological polar surface area (TPSA) is 116 Å². The van der Waals surface area contributed by atoms with Gasteiger partial charge in [-0.1, -0.05) is 41.6 Å². The van der Waals surface area contributed by atoms with E-state index >= 15 is 0 Å². The Balaban J connectivity index is 1.54. The van der Waals surface area contributed by atoms with Gasteiger partial charge in [0.25, 0.3) is 0 Å². The van der Waals surface area contributed by atoms with Gasteiger partial charge in [-0.3, -0.25) is 0 Å². The van der Waals surface area contributed by atoms with E-state index in [0.29, 0.717) is 29.0 Å². The van der Waals surface area contributed by atoms with Crippen molar-refractivity contribution in [1.29, 1.82) is 5.26 Å². The molecule has 0 aliphatic heterocycles. The summed E-state index contributed by atoms with van der Waals surface area (Å²) in [6.45, 7) is 5.97. The number of benzene rings is 2. The van der Waals surface area contributed by atoms with Gasteiger partial charge >= 0.3 is 0 Å². The van der Waals surface area contributed by atoms with E-state index in [2.05, 4.69) is 26.3 Å². The van der Waals surface area contributed by atoms with E-state index in [9.17, 15) is 10.4 Å². The van der Waals surface area contributed by atoms with Crippen LogP contribution in [0.25, 0.3) is 33.7 Å². The lowest BCUT2D eigenvalue weighted by atomic mass is 9.96. The molecular weight excluding hydrogens is 426 g/mol. The normalized spacial score (nSPS) is 11.6. The zero-order valence-electron chi connectivity index (χ0n) is 19.1. The smallest absolute Gasteiger partial charge is 0.158 e. The Bertz CT molecular complexity index is 1550. The maximum atomic E-state index is 10.3. The standard InChI is InChI=1S/C26H23N7O/c1-16-18(12-27)7-5-9-20(16)22-11-21(24-25(30-22)29-15-28-24)23-14-33(32-31-23)13-17-6-4-8-19(10-17)26(2,3)34/h4-11,14-15,34H,13H2,1-3H3,(H,28,29,30). The molecule has 2 N–H and O–H groups in total. The van der Waals surface area contributed by atoms with Crippen LogP contribution in [0.4, 0.5) is 0 Å². The highest BCUT2D eigenvalue weighted by atomic mass is 16.3. The lowest BCUT2D eigenvalue weighted by Gasteiger charge is -2.18. The number of hydrogen-bond acceptors (Lipinski definition) is 6. The van der Waals surface area contributed by atoms with Gasteiger partial charge in [0.05, 0.1) is 42.0 Å². The zero-order chi connectivity index (χ0) is 23.9. The maximum Gasteiger partial charge on any atom is 0.158 e. The zero-order valence-corrected chi connectivity index (χ0v) is 19.1. The van der Waals surface area contributed by atoms with Gasteiger partial charge in [0, 0.05) is 11.1 Å². The van der Waals surface area contributed by atoms with Crippen LogP contribution in [-0.4, -0.2) is 35.1 Å². The second-order valence-corrected chi connectivity index (χ2v) is 8.81. The number of nitrogens with one attached hydrogen (secondary N) is 1. The summed E-state index contributed by atoms with van der Waals surface area (Å²) in [7, 11) is 0. The van der Waals surface area contributed by atoms with Crippen LogP contribution >= 0.6 is 0 Å². The van der Waals surface area contributed by atoms with Gasteiger partial charge in [-0.2, -0.15) is 5.26 Å². The summed E-state index contributed by atoms with van der Waals surface area (Å²) in [6.07, 6.45) is 3.48. The third kappa shape index (κ3) is 3.93. The van der Waals surface area contributed by atoms with Gasteiger partial charge in [-0.05, 0) is 49.6 Å². The largest absolute Gasteiger partial charge is 0.386 e.